The van der Waals surface area contributed by atoms with Gasteiger partial charge in [-0.1, -0.05) is 0 Å². The third-order valence-electron chi connectivity index (χ3n) is 0.553. The van der Waals surface area contributed by atoms with Crippen LogP contribution in [0.4, 0.5) is 0 Å². The Hall–Kier alpha value is -0.0600. The van der Waals surface area contributed by atoms with E-state index in [4.69, 9.17) is 10.2 Å². The summed E-state index contributed by atoms with van der Waals surface area (Å²) in [4.78, 5) is 19.3. The first-order valence-electron chi connectivity index (χ1n) is 2.06. The molecule has 0 unspecified atom stereocenters. The molecule has 0 saturated carbocycles. The molecule has 2 N–H and O–H groups in total. The fourth-order valence-electron chi connectivity index (χ4n) is 0.214. The Morgan fingerprint density at radius 2 is 1.22 bits per heavy atom. The van der Waals surface area contributed by atoms with Crippen LogP contribution >= 0.6 is 0 Å². The maximum atomic E-state index is 9.64. The zero-order valence-corrected chi connectivity index (χ0v) is 7.13. The molecule has 0 aliphatic carbocycles. The minimum Gasteiger partial charge on any atom is -0.481 e. The predicted octanol–water partition coefficient (Wildman–Crippen LogP) is -0.445. The van der Waals surface area contributed by atoms with E-state index in [2.05, 4.69) is 0 Å². The molecule has 0 fully saturated rings. The van der Waals surface area contributed by atoms with Gasteiger partial charge in [0.1, 0.15) is 0 Å². The van der Waals surface area contributed by atoms with E-state index in [9.17, 15) is 9.59 Å². The van der Waals surface area contributed by atoms with Gasteiger partial charge in [0.15, 0.2) is 0 Å². The summed E-state index contributed by atoms with van der Waals surface area (Å²) in [6.45, 7) is 0. The third-order valence-corrected chi connectivity index (χ3v) is 0.553. The first-order valence-corrected chi connectivity index (χ1v) is 2.06. The second-order valence-corrected chi connectivity index (χ2v) is 1.29. The van der Waals surface area contributed by atoms with Gasteiger partial charge in [-0.15, -0.1) is 0 Å². The van der Waals surface area contributed by atoms with Crippen LogP contribution in [0, 0.1) is 0 Å². The Kier molecular flexibility index (Phi) is 7.89. The first kappa shape index (κ1) is 11.7. The molecule has 47 valence electrons. The molecule has 0 aliphatic heterocycles. The topological polar surface area (TPSA) is 74.6 Å². The summed E-state index contributed by atoms with van der Waals surface area (Å²) < 4.78 is 0. The Labute approximate surface area is 74.2 Å². The minimum atomic E-state index is -1.08. The second kappa shape index (κ2) is 6.07. The molecule has 0 aromatic rings. The quantitative estimate of drug-likeness (QED) is 0.522. The standard InChI is InChI=1S/C4H6O4.Na/c5-3(6)1-2-4(7)8;/h1-2H2,(H,5,6)(H,7,8);. The summed E-state index contributed by atoms with van der Waals surface area (Å²) in [6.07, 6.45) is -0.593. The molecule has 0 aromatic carbocycles. The Balaban J connectivity index is 0. The molecule has 1 radical (unpaired) electrons. The molecule has 0 saturated heterocycles. The third kappa shape index (κ3) is 11.5. The zero-order valence-electron chi connectivity index (χ0n) is 5.13. The first-order chi connectivity index (χ1) is 3.63. The number of rotatable bonds is 3. The van der Waals surface area contributed by atoms with Crippen LogP contribution in [0.2, 0.25) is 0 Å². The van der Waals surface area contributed by atoms with Gasteiger partial charge in [0, 0.05) is 29.6 Å². The van der Waals surface area contributed by atoms with Crippen molar-refractivity contribution >= 4 is 41.5 Å². The van der Waals surface area contributed by atoms with Gasteiger partial charge in [-0.2, -0.15) is 0 Å². The number of carbonyl (C=O) groups is 2. The second-order valence-electron chi connectivity index (χ2n) is 1.29. The van der Waals surface area contributed by atoms with E-state index < -0.39 is 11.9 Å². The number of aliphatic carboxylic acids is 2. The summed E-state index contributed by atoms with van der Waals surface area (Å²) in [6, 6.07) is 0. The smallest absolute Gasteiger partial charge is 0.303 e. The summed E-state index contributed by atoms with van der Waals surface area (Å²) in [5.41, 5.74) is 0. The van der Waals surface area contributed by atoms with Gasteiger partial charge in [-0.05, 0) is 0 Å². The van der Waals surface area contributed by atoms with Gasteiger partial charge >= 0.3 is 11.9 Å². The molecule has 0 bridgehead atoms. The summed E-state index contributed by atoms with van der Waals surface area (Å²) >= 11 is 0. The number of hydrogen-bond donors (Lipinski definition) is 2. The molecule has 0 heterocycles. The molecular weight excluding hydrogens is 135 g/mol. The van der Waals surface area contributed by atoms with Crippen molar-refractivity contribution in [2.45, 2.75) is 12.8 Å². The van der Waals surface area contributed by atoms with Crippen LogP contribution in [-0.2, 0) is 9.59 Å². The van der Waals surface area contributed by atoms with E-state index >= 15 is 0 Å². The van der Waals surface area contributed by atoms with Crippen molar-refractivity contribution in [2.75, 3.05) is 0 Å². The van der Waals surface area contributed by atoms with Crippen LogP contribution in [0.1, 0.15) is 12.8 Å². The van der Waals surface area contributed by atoms with E-state index in [1.807, 2.05) is 0 Å². The van der Waals surface area contributed by atoms with Gasteiger partial charge in [-0.3, -0.25) is 9.59 Å². The largest absolute Gasteiger partial charge is 0.481 e. The number of carboxylic acids is 2. The van der Waals surface area contributed by atoms with Crippen molar-refractivity contribution in [1.29, 1.82) is 0 Å². The molecule has 0 rings (SSSR count). The van der Waals surface area contributed by atoms with Crippen LogP contribution in [-0.4, -0.2) is 51.7 Å². The van der Waals surface area contributed by atoms with Crippen molar-refractivity contribution in [1.82, 2.24) is 0 Å². The van der Waals surface area contributed by atoms with E-state index in [0.29, 0.717) is 0 Å². The summed E-state index contributed by atoms with van der Waals surface area (Å²) in [7, 11) is 0. The fourth-order valence-corrected chi connectivity index (χ4v) is 0.214. The summed E-state index contributed by atoms with van der Waals surface area (Å²) in [5.74, 6) is -2.15. The molecule has 0 atom stereocenters. The molecule has 0 amide bonds. The van der Waals surface area contributed by atoms with Gasteiger partial charge in [-0.25, -0.2) is 0 Å². The molecular formula is C4H6NaO4. The van der Waals surface area contributed by atoms with Gasteiger partial charge < -0.3 is 10.2 Å². The zero-order chi connectivity index (χ0) is 6.57. The monoisotopic (exact) mass is 141 g/mol. The molecule has 0 aromatic heterocycles. The van der Waals surface area contributed by atoms with Gasteiger partial charge in [0.05, 0.1) is 12.8 Å². The van der Waals surface area contributed by atoms with E-state index in [-0.39, 0.29) is 42.4 Å². The van der Waals surface area contributed by atoms with Gasteiger partial charge in [0.2, 0.25) is 0 Å². The van der Waals surface area contributed by atoms with E-state index in [0.717, 1.165) is 0 Å². The Bertz CT molecular complexity index is 97.1. The average molecular weight is 141 g/mol. The van der Waals surface area contributed by atoms with Crippen molar-refractivity contribution in [2.24, 2.45) is 0 Å². The average Bonchev–Trinajstić information content (AvgIpc) is 1.61. The number of carboxylic acid groups (broad SMARTS) is 2. The van der Waals surface area contributed by atoms with Crippen molar-refractivity contribution in [3.63, 3.8) is 0 Å². The van der Waals surface area contributed by atoms with Crippen LogP contribution in [0.15, 0.2) is 0 Å². The normalized spacial score (nSPS) is 7.56. The predicted molar refractivity (Wildman–Crippen MR) is 30.3 cm³/mol. The van der Waals surface area contributed by atoms with Crippen molar-refractivity contribution < 1.29 is 19.8 Å². The maximum Gasteiger partial charge on any atom is 0.303 e. The van der Waals surface area contributed by atoms with Crippen molar-refractivity contribution in [3.05, 3.63) is 0 Å². The van der Waals surface area contributed by atoms with Crippen LogP contribution in [0.25, 0.3) is 0 Å². The van der Waals surface area contributed by atoms with Crippen LogP contribution < -0.4 is 0 Å². The Morgan fingerprint density at radius 1 is 1.00 bits per heavy atom. The summed E-state index contributed by atoms with van der Waals surface area (Å²) in [5, 5.41) is 15.8. The van der Waals surface area contributed by atoms with E-state index in [1.165, 1.54) is 0 Å². The maximum absolute atomic E-state index is 9.64. The SMILES string of the molecule is O=C(O)CCC(=O)O.[Na]. The molecule has 4 nitrogen and oxygen atoms in total. The van der Waals surface area contributed by atoms with Gasteiger partial charge in [0.25, 0.3) is 0 Å². The fraction of sp³-hybridized carbons (Fsp3) is 0.500. The molecule has 0 spiro atoms. The van der Waals surface area contributed by atoms with Crippen molar-refractivity contribution in [3.8, 4) is 0 Å². The number of hydrogen-bond acceptors (Lipinski definition) is 2. The van der Waals surface area contributed by atoms with Crippen LogP contribution in [0.5, 0.6) is 0 Å². The van der Waals surface area contributed by atoms with Crippen LogP contribution in [0.3, 0.4) is 0 Å². The molecule has 0 aliphatic rings. The Morgan fingerprint density at radius 3 is 1.33 bits per heavy atom. The van der Waals surface area contributed by atoms with E-state index in [1.54, 1.807) is 0 Å². The molecule has 9 heavy (non-hydrogen) atoms. The molecule has 5 heteroatoms. The minimum absolute atomic E-state index is 0.